The highest BCUT2D eigenvalue weighted by molar-refractivity contribution is 7.18. The van der Waals surface area contributed by atoms with Gasteiger partial charge in [0.15, 0.2) is 0 Å². The van der Waals surface area contributed by atoms with Gasteiger partial charge in [-0.1, -0.05) is 12.1 Å². The lowest BCUT2D eigenvalue weighted by Gasteiger charge is -2.14. The lowest BCUT2D eigenvalue weighted by Crippen LogP contribution is -2.33. The minimum atomic E-state index is -0.180. The Labute approximate surface area is 186 Å². The fraction of sp³-hybridized carbons (Fsp3) is 0.435. The number of carbonyl (C=O) groups excluding carboxylic acids is 3. The van der Waals surface area contributed by atoms with Gasteiger partial charge in [-0.25, -0.2) is 0 Å². The summed E-state index contributed by atoms with van der Waals surface area (Å²) in [6, 6.07) is 10.7. The van der Waals surface area contributed by atoms with Crippen LogP contribution in [-0.4, -0.2) is 48.8 Å². The zero-order valence-corrected chi connectivity index (χ0v) is 18.3. The number of amides is 3. The molecular formula is C23H28N4O3S. The second-order valence-electron chi connectivity index (χ2n) is 8.11. The van der Waals surface area contributed by atoms with E-state index in [1.54, 1.807) is 24.3 Å². The minimum Gasteiger partial charge on any atom is -0.351 e. The summed E-state index contributed by atoms with van der Waals surface area (Å²) in [6.45, 7) is 4.17. The Hall–Kier alpha value is -2.71. The topological polar surface area (TPSA) is 90.5 Å². The molecule has 31 heavy (non-hydrogen) atoms. The third-order valence-electron chi connectivity index (χ3n) is 5.61. The predicted octanol–water partition coefficient (Wildman–Crippen LogP) is 2.85. The number of nitrogens with zero attached hydrogens (tertiary/aromatic N) is 1. The van der Waals surface area contributed by atoms with Gasteiger partial charge >= 0.3 is 0 Å². The van der Waals surface area contributed by atoms with E-state index < -0.39 is 0 Å². The first-order valence-electron chi connectivity index (χ1n) is 10.9. The van der Waals surface area contributed by atoms with E-state index >= 15 is 0 Å². The van der Waals surface area contributed by atoms with Crippen molar-refractivity contribution < 1.29 is 14.4 Å². The van der Waals surface area contributed by atoms with Crippen LogP contribution in [-0.2, 0) is 11.3 Å². The molecule has 4 rings (SSSR count). The van der Waals surface area contributed by atoms with Crippen molar-refractivity contribution in [2.45, 2.75) is 32.2 Å². The van der Waals surface area contributed by atoms with Crippen LogP contribution in [0.15, 0.2) is 36.4 Å². The van der Waals surface area contributed by atoms with Crippen molar-refractivity contribution in [3.8, 4) is 0 Å². The largest absolute Gasteiger partial charge is 0.351 e. The van der Waals surface area contributed by atoms with Crippen molar-refractivity contribution in [1.29, 1.82) is 0 Å². The molecule has 8 heteroatoms. The van der Waals surface area contributed by atoms with Crippen molar-refractivity contribution in [2.75, 3.05) is 31.5 Å². The van der Waals surface area contributed by atoms with Crippen LogP contribution in [0.3, 0.4) is 0 Å². The number of anilines is 1. The molecule has 0 spiro atoms. The fourth-order valence-electron chi connectivity index (χ4n) is 3.58. The number of rotatable bonds is 9. The predicted molar refractivity (Wildman–Crippen MR) is 121 cm³/mol. The molecule has 7 nitrogen and oxygen atoms in total. The first kappa shape index (κ1) is 21.5. The van der Waals surface area contributed by atoms with E-state index in [1.165, 1.54) is 24.2 Å². The number of nitrogens with one attached hydrogen (secondary N) is 3. The molecular weight excluding hydrogens is 412 g/mol. The highest BCUT2D eigenvalue weighted by Gasteiger charge is 2.29. The third-order valence-corrected chi connectivity index (χ3v) is 6.61. The van der Waals surface area contributed by atoms with Gasteiger partial charge in [0.1, 0.15) is 0 Å². The van der Waals surface area contributed by atoms with E-state index in [9.17, 15) is 14.4 Å². The van der Waals surface area contributed by atoms with Crippen molar-refractivity contribution in [1.82, 2.24) is 15.5 Å². The normalized spacial score (nSPS) is 16.1. The molecule has 0 bridgehead atoms. The van der Waals surface area contributed by atoms with Crippen molar-refractivity contribution in [3.05, 3.63) is 52.4 Å². The Balaban J connectivity index is 1.20. The quantitative estimate of drug-likeness (QED) is 0.559. The van der Waals surface area contributed by atoms with Gasteiger partial charge in [0, 0.05) is 31.1 Å². The molecule has 1 aromatic heterocycles. The second kappa shape index (κ2) is 10.1. The molecule has 1 aliphatic carbocycles. The van der Waals surface area contributed by atoms with Gasteiger partial charge in [-0.2, -0.15) is 0 Å². The molecule has 0 atom stereocenters. The van der Waals surface area contributed by atoms with Crippen molar-refractivity contribution in [3.63, 3.8) is 0 Å². The average molecular weight is 441 g/mol. The molecule has 0 radical (unpaired) electrons. The Morgan fingerprint density at radius 2 is 1.68 bits per heavy atom. The summed E-state index contributed by atoms with van der Waals surface area (Å²) in [5.74, 6) is -0.0849. The molecule has 3 amide bonds. The van der Waals surface area contributed by atoms with Gasteiger partial charge in [0.2, 0.25) is 5.91 Å². The lowest BCUT2D eigenvalue weighted by molar-refractivity contribution is -0.117. The second-order valence-corrected chi connectivity index (χ2v) is 9.20. The third kappa shape index (κ3) is 6.15. The SMILES string of the molecule is O=C(NCCN1CCCC1)c1ccc(CNC(=O)c2ccc(NC(=O)C3CC3)s2)cc1. The maximum Gasteiger partial charge on any atom is 0.261 e. The van der Waals surface area contributed by atoms with Crippen LogP contribution in [0.4, 0.5) is 5.00 Å². The van der Waals surface area contributed by atoms with E-state index in [0.717, 1.165) is 38.0 Å². The first-order chi connectivity index (χ1) is 15.1. The van der Waals surface area contributed by atoms with Crippen LogP contribution in [0.2, 0.25) is 0 Å². The van der Waals surface area contributed by atoms with Crippen LogP contribution >= 0.6 is 11.3 Å². The van der Waals surface area contributed by atoms with Gasteiger partial charge in [-0.05, 0) is 68.6 Å². The maximum absolute atomic E-state index is 12.4. The Morgan fingerprint density at radius 1 is 0.935 bits per heavy atom. The van der Waals surface area contributed by atoms with Gasteiger partial charge in [0.05, 0.1) is 9.88 Å². The summed E-state index contributed by atoms with van der Waals surface area (Å²) in [5.41, 5.74) is 1.53. The summed E-state index contributed by atoms with van der Waals surface area (Å²) in [5, 5.41) is 9.40. The zero-order valence-electron chi connectivity index (χ0n) is 17.5. The Morgan fingerprint density at radius 3 is 2.39 bits per heavy atom. The molecule has 164 valence electrons. The molecule has 2 heterocycles. The summed E-state index contributed by atoms with van der Waals surface area (Å²) in [6.07, 6.45) is 4.39. The number of thiophene rings is 1. The highest BCUT2D eigenvalue weighted by Crippen LogP contribution is 2.31. The minimum absolute atomic E-state index is 0.0361. The molecule has 0 unspecified atom stereocenters. The van der Waals surface area contributed by atoms with E-state index in [4.69, 9.17) is 0 Å². The molecule has 1 aliphatic heterocycles. The Bertz CT molecular complexity index is 931. The van der Waals surface area contributed by atoms with E-state index in [-0.39, 0.29) is 23.6 Å². The number of benzene rings is 1. The summed E-state index contributed by atoms with van der Waals surface area (Å²) < 4.78 is 0. The summed E-state index contributed by atoms with van der Waals surface area (Å²) >= 11 is 1.27. The molecule has 1 saturated carbocycles. The molecule has 2 aromatic rings. The van der Waals surface area contributed by atoms with Crippen LogP contribution in [0.25, 0.3) is 0 Å². The maximum atomic E-state index is 12.4. The number of hydrogen-bond donors (Lipinski definition) is 3. The summed E-state index contributed by atoms with van der Waals surface area (Å²) in [4.78, 5) is 39.4. The molecule has 1 saturated heterocycles. The van der Waals surface area contributed by atoms with E-state index in [2.05, 4.69) is 20.9 Å². The van der Waals surface area contributed by atoms with E-state index in [1.807, 2.05) is 12.1 Å². The monoisotopic (exact) mass is 440 g/mol. The van der Waals surface area contributed by atoms with Crippen LogP contribution in [0, 0.1) is 5.92 Å². The van der Waals surface area contributed by atoms with Gasteiger partial charge in [-0.3, -0.25) is 14.4 Å². The van der Waals surface area contributed by atoms with Crippen LogP contribution < -0.4 is 16.0 Å². The number of likely N-dealkylation sites (tertiary alicyclic amines) is 1. The number of hydrogen-bond acceptors (Lipinski definition) is 5. The van der Waals surface area contributed by atoms with Crippen LogP contribution in [0.5, 0.6) is 0 Å². The fourth-order valence-corrected chi connectivity index (χ4v) is 4.40. The number of carbonyl (C=O) groups is 3. The smallest absolute Gasteiger partial charge is 0.261 e. The van der Waals surface area contributed by atoms with Crippen molar-refractivity contribution in [2.24, 2.45) is 5.92 Å². The first-order valence-corrected chi connectivity index (χ1v) is 11.7. The van der Waals surface area contributed by atoms with Crippen LogP contribution in [0.1, 0.15) is 51.3 Å². The van der Waals surface area contributed by atoms with Gasteiger partial charge < -0.3 is 20.9 Å². The Kier molecular flexibility index (Phi) is 6.99. The zero-order chi connectivity index (χ0) is 21.6. The molecule has 2 aliphatic rings. The highest BCUT2D eigenvalue weighted by atomic mass is 32.1. The lowest BCUT2D eigenvalue weighted by atomic mass is 10.1. The molecule has 3 N–H and O–H groups in total. The molecule has 1 aromatic carbocycles. The average Bonchev–Trinajstić information content (AvgIpc) is 3.31. The molecule has 2 fully saturated rings. The van der Waals surface area contributed by atoms with E-state index in [0.29, 0.717) is 28.5 Å². The summed E-state index contributed by atoms with van der Waals surface area (Å²) in [7, 11) is 0. The van der Waals surface area contributed by atoms with Gasteiger partial charge in [0.25, 0.3) is 11.8 Å². The standard InChI is InChI=1S/C23H28N4O3S/c28-21(24-11-14-27-12-1-2-13-27)17-5-3-16(4-6-17)15-25-23(30)19-9-10-20(31-19)26-22(29)18-7-8-18/h3-6,9-10,18H,1-2,7-8,11-15H2,(H,24,28)(H,25,30)(H,26,29). The van der Waals surface area contributed by atoms with Crippen molar-refractivity contribution >= 4 is 34.1 Å². The van der Waals surface area contributed by atoms with Gasteiger partial charge in [-0.15, -0.1) is 11.3 Å².